The lowest BCUT2D eigenvalue weighted by Crippen LogP contribution is -2.40. The molecule has 1 saturated heterocycles. The van der Waals surface area contributed by atoms with E-state index in [2.05, 4.69) is 4.98 Å². The van der Waals surface area contributed by atoms with Crippen molar-refractivity contribution < 1.29 is 19.1 Å². The number of aromatic nitrogens is 1. The molecule has 0 spiro atoms. The van der Waals surface area contributed by atoms with Gasteiger partial charge in [0.1, 0.15) is 5.69 Å². The zero-order chi connectivity index (χ0) is 15.7. The maximum atomic E-state index is 12.6. The van der Waals surface area contributed by atoms with Gasteiger partial charge in [0.2, 0.25) is 0 Å². The third-order valence-corrected chi connectivity index (χ3v) is 4.85. The van der Waals surface area contributed by atoms with E-state index in [1.807, 2.05) is 13.0 Å². The molecule has 0 unspecified atom stereocenters. The number of carbonyl (C=O) groups excluding carboxylic acids is 1. The van der Waals surface area contributed by atoms with Crippen LogP contribution in [0.25, 0.3) is 10.8 Å². The number of furan rings is 1. The van der Waals surface area contributed by atoms with Crippen LogP contribution >= 0.6 is 11.3 Å². The first-order chi connectivity index (χ1) is 10.6. The zero-order valence-corrected chi connectivity index (χ0v) is 12.9. The number of nitrogens with zero attached hydrogens (tertiary/aromatic N) is 2. The number of carboxylic acid groups (broad SMARTS) is 1. The van der Waals surface area contributed by atoms with E-state index in [9.17, 15) is 9.59 Å². The van der Waals surface area contributed by atoms with Crippen LogP contribution in [0.2, 0.25) is 0 Å². The predicted octanol–water partition coefficient (Wildman–Crippen LogP) is 2.65. The zero-order valence-electron chi connectivity index (χ0n) is 12.1. The van der Waals surface area contributed by atoms with Crippen molar-refractivity contribution in [3.8, 4) is 10.8 Å². The quantitative estimate of drug-likeness (QED) is 0.940. The summed E-state index contributed by atoms with van der Waals surface area (Å²) >= 11 is 1.42. The minimum Gasteiger partial charge on any atom is -0.481 e. The van der Waals surface area contributed by atoms with Crippen LogP contribution in [0.3, 0.4) is 0 Å². The molecule has 3 heterocycles. The van der Waals surface area contributed by atoms with Crippen LogP contribution in [0, 0.1) is 12.8 Å². The minimum atomic E-state index is -0.781. The number of thiazole rings is 1. The van der Waals surface area contributed by atoms with Gasteiger partial charge in [-0.1, -0.05) is 0 Å². The van der Waals surface area contributed by atoms with Crippen LogP contribution in [0.5, 0.6) is 0 Å². The highest BCUT2D eigenvalue weighted by Gasteiger charge is 2.29. The number of likely N-dealkylation sites (tertiary alicyclic amines) is 1. The molecular weight excluding hydrogens is 304 g/mol. The summed E-state index contributed by atoms with van der Waals surface area (Å²) in [6, 6.07) is 3.59. The van der Waals surface area contributed by atoms with E-state index in [0.29, 0.717) is 42.4 Å². The summed E-state index contributed by atoms with van der Waals surface area (Å²) in [5.74, 6) is -0.608. The fraction of sp³-hybridized carbons (Fsp3) is 0.400. The normalized spacial score (nSPS) is 16.0. The van der Waals surface area contributed by atoms with Crippen LogP contribution in [-0.2, 0) is 4.79 Å². The lowest BCUT2D eigenvalue weighted by atomic mass is 9.97. The number of hydrogen-bond donors (Lipinski definition) is 1. The van der Waals surface area contributed by atoms with E-state index in [4.69, 9.17) is 9.52 Å². The van der Waals surface area contributed by atoms with Crippen molar-refractivity contribution in [1.82, 2.24) is 9.88 Å². The standard InChI is InChI=1S/C15H16N2O4S/c1-9-12(16-13(22-9)11-3-2-8-21-11)14(18)17-6-4-10(5-7-17)15(19)20/h2-3,8,10H,4-7H2,1H3,(H,19,20). The summed E-state index contributed by atoms with van der Waals surface area (Å²) in [7, 11) is 0. The van der Waals surface area contributed by atoms with E-state index < -0.39 is 5.97 Å². The van der Waals surface area contributed by atoms with Crippen molar-refractivity contribution in [1.29, 1.82) is 0 Å². The fourth-order valence-corrected chi connectivity index (χ4v) is 3.45. The van der Waals surface area contributed by atoms with Crippen molar-refractivity contribution in [2.75, 3.05) is 13.1 Å². The number of aryl methyl sites for hydroxylation is 1. The fourth-order valence-electron chi connectivity index (χ4n) is 2.58. The van der Waals surface area contributed by atoms with Crippen LogP contribution < -0.4 is 0 Å². The first-order valence-electron chi connectivity index (χ1n) is 7.09. The Morgan fingerprint density at radius 3 is 2.73 bits per heavy atom. The van der Waals surface area contributed by atoms with Gasteiger partial charge in [-0.15, -0.1) is 11.3 Å². The molecule has 2 aromatic rings. The molecule has 2 aromatic heterocycles. The highest BCUT2D eigenvalue weighted by Crippen LogP contribution is 2.29. The van der Waals surface area contributed by atoms with E-state index in [1.54, 1.807) is 17.2 Å². The Bertz CT molecular complexity index is 684. The molecule has 3 rings (SSSR count). The second-order valence-corrected chi connectivity index (χ2v) is 6.51. The molecule has 0 saturated carbocycles. The van der Waals surface area contributed by atoms with Gasteiger partial charge in [0.25, 0.3) is 5.91 Å². The molecule has 116 valence electrons. The van der Waals surface area contributed by atoms with Crippen LogP contribution in [0.1, 0.15) is 28.2 Å². The van der Waals surface area contributed by atoms with Gasteiger partial charge in [-0.2, -0.15) is 0 Å². The molecule has 0 atom stereocenters. The topological polar surface area (TPSA) is 83.6 Å². The molecule has 0 radical (unpaired) electrons. The molecule has 1 fully saturated rings. The Kier molecular flexibility index (Phi) is 3.98. The highest BCUT2D eigenvalue weighted by molar-refractivity contribution is 7.15. The molecule has 0 aliphatic carbocycles. The second kappa shape index (κ2) is 5.92. The third kappa shape index (κ3) is 2.76. The van der Waals surface area contributed by atoms with Gasteiger partial charge in [0.15, 0.2) is 10.8 Å². The first-order valence-corrected chi connectivity index (χ1v) is 7.91. The largest absolute Gasteiger partial charge is 0.481 e. The van der Waals surface area contributed by atoms with Crippen molar-refractivity contribution >= 4 is 23.2 Å². The average molecular weight is 320 g/mol. The maximum Gasteiger partial charge on any atom is 0.306 e. The van der Waals surface area contributed by atoms with E-state index in [1.165, 1.54) is 11.3 Å². The van der Waals surface area contributed by atoms with Gasteiger partial charge < -0.3 is 14.4 Å². The van der Waals surface area contributed by atoms with Gasteiger partial charge in [-0.3, -0.25) is 9.59 Å². The van der Waals surface area contributed by atoms with Crippen LogP contribution in [-0.4, -0.2) is 40.0 Å². The molecule has 1 aliphatic rings. The Labute approximate surface area is 131 Å². The molecule has 6 nitrogen and oxygen atoms in total. The number of carboxylic acids is 1. The van der Waals surface area contributed by atoms with E-state index in [-0.39, 0.29) is 11.8 Å². The van der Waals surface area contributed by atoms with Gasteiger partial charge in [0, 0.05) is 18.0 Å². The lowest BCUT2D eigenvalue weighted by molar-refractivity contribution is -0.143. The molecule has 0 bridgehead atoms. The number of amides is 1. The molecule has 1 amide bonds. The number of carbonyl (C=O) groups is 2. The van der Waals surface area contributed by atoms with Crippen LogP contribution in [0.4, 0.5) is 0 Å². The van der Waals surface area contributed by atoms with Gasteiger partial charge >= 0.3 is 5.97 Å². The number of aliphatic carboxylic acids is 1. The van der Waals surface area contributed by atoms with Gasteiger partial charge in [0.05, 0.1) is 12.2 Å². The number of piperidine rings is 1. The Morgan fingerprint density at radius 2 is 2.14 bits per heavy atom. The predicted molar refractivity (Wildman–Crippen MR) is 80.8 cm³/mol. The molecule has 7 heteroatoms. The van der Waals surface area contributed by atoms with Crippen LogP contribution in [0.15, 0.2) is 22.8 Å². The summed E-state index contributed by atoms with van der Waals surface area (Å²) in [6.45, 7) is 2.78. The average Bonchev–Trinajstić information content (AvgIpc) is 3.16. The van der Waals surface area contributed by atoms with Gasteiger partial charge in [-0.05, 0) is 31.9 Å². The van der Waals surface area contributed by atoms with Crippen molar-refractivity contribution in [3.63, 3.8) is 0 Å². The minimum absolute atomic E-state index is 0.129. The van der Waals surface area contributed by atoms with E-state index in [0.717, 1.165) is 4.88 Å². The first kappa shape index (κ1) is 14.8. The molecule has 1 aliphatic heterocycles. The third-order valence-electron chi connectivity index (χ3n) is 3.86. The van der Waals surface area contributed by atoms with Crippen molar-refractivity contribution in [3.05, 3.63) is 29.0 Å². The SMILES string of the molecule is Cc1sc(-c2ccco2)nc1C(=O)N1CCC(C(=O)O)CC1. The lowest BCUT2D eigenvalue weighted by Gasteiger charge is -2.29. The Hall–Kier alpha value is -2.15. The molecular formula is C15H16N2O4S. The Balaban J connectivity index is 1.75. The summed E-state index contributed by atoms with van der Waals surface area (Å²) in [5, 5.41) is 9.70. The maximum absolute atomic E-state index is 12.6. The highest BCUT2D eigenvalue weighted by atomic mass is 32.1. The monoisotopic (exact) mass is 320 g/mol. The Morgan fingerprint density at radius 1 is 1.41 bits per heavy atom. The number of hydrogen-bond acceptors (Lipinski definition) is 5. The molecule has 1 N–H and O–H groups in total. The summed E-state index contributed by atoms with van der Waals surface area (Å²) in [4.78, 5) is 30.5. The summed E-state index contributed by atoms with van der Waals surface area (Å²) in [5.41, 5.74) is 0.435. The molecule has 0 aromatic carbocycles. The second-order valence-electron chi connectivity index (χ2n) is 5.31. The van der Waals surface area contributed by atoms with Gasteiger partial charge in [-0.25, -0.2) is 4.98 Å². The van der Waals surface area contributed by atoms with E-state index >= 15 is 0 Å². The summed E-state index contributed by atoms with van der Waals surface area (Å²) in [6.07, 6.45) is 2.56. The van der Waals surface area contributed by atoms with Crippen molar-refractivity contribution in [2.24, 2.45) is 5.92 Å². The summed E-state index contributed by atoms with van der Waals surface area (Å²) < 4.78 is 5.31. The molecule has 22 heavy (non-hydrogen) atoms. The van der Waals surface area contributed by atoms with Crippen molar-refractivity contribution in [2.45, 2.75) is 19.8 Å². The number of rotatable bonds is 3. The smallest absolute Gasteiger partial charge is 0.306 e.